The molecule has 8 heavy (non-hydrogen) atoms. The van der Waals surface area contributed by atoms with Gasteiger partial charge in [0.25, 0.3) is 0 Å². The normalized spacial score (nSPS) is 8.62. The summed E-state index contributed by atoms with van der Waals surface area (Å²) in [6.07, 6.45) is 1.84. The second-order valence-corrected chi connectivity index (χ2v) is 1.88. The van der Waals surface area contributed by atoms with E-state index in [4.69, 9.17) is 0 Å². The van der Waals surface area contributed by atoms with Crippen molar-refractivity contribution in [2.24, 2.45) is 0 Å². The molecule has 1 nitrogen and oxygen atoms in total. The van der Waals surface area contributed by atoms with Crippen molar-refractivity contribution in [2.75, 3.05) is 13.1 Å². The average molecular weight is 111 g/mol. The smallest absolute Gasteiger partial charge is 0.0162 e. The van der Waals surface area contributed by atoms with Crippen LogP contribution in [0.3, 0.4) is 0 Å². The number of hydrogen-bond donors (Lipinski definition) is 1. The van der Waals surface area contributed by atoms with E-state index >= 15 is 0 Å². The molecule has 0 aromatic heterocycles. The molecule has 1 N–H and O–H groups in total. The van der Waals surface area contributed by atoms with Crippen LogP contribution < -0.4 is 5.32 Å². The Morgan fingerprint density at radius 1 is 1.75 bits per heavy atom. The van der Waals surface area contributed by atoms with Crippen molar-refractivity contribution < 1.29 is 0 Å². The quantitative estimate of drug-likeness (QED) is 0.426. The van der Waals surface area contributed by atoms with Crippen molar-refractivity contribution >= 4 is 0 Å². The third kappa shape index (κ3) is 5.44. The van der Waals surface area contributed by atoms with Gasteiger partial charge in [-0.1, -0.05) is 18.2 Å². The first-order valence-corrected chi connectivity index (χ1v) is 2.73. The van der Waals surface area contributed by atoms with Gasteiger partial charge in [-0.25, -0.2) is 0 Å². The van der Waals surface area contributed by atoms with Gasteiger partial charge in [0.05, 0.1) is 0 Å². The highest BCUT2D eigenvalue weighted by Gasteiger charge is 1.79. The summed E-state index contributed by atoms with van der Waals surface area (Å²) in [6, 6.07) is 0. The number of rotatable bonds is 4. The van der Waals surface area contributed by atoms with E-state index in [1.165, 1.54) is 0 Å². The average Bonchev–Trinajstić information content (AvgIpc) is 1.66. The Kier molecular flexibility index (Phi) is 4.27. The highest BCUT2D eigenvalue weighted by Crippen LogP contribution is 1.79. The molecule has 0 saturated carbocycles. The van der Waals surface area contributed by atoms with Crippen LogP contribution in [0.1, 0.15) is 6.92 Å². The summed E-state index contributed by atoms with van der Waals surface area (Å²) in [5.74, 6) is 0. The first-order valence-electron chi connectivity index (χ1n) is 2.73. The van der Waals surface area contributed by atoms with E-state index in [9.17, 15) is 0 Å². The summed E-state index contributed by atoms with van der Waals surface area (Å²) in [6.45, 7) is 11.1. The molecule has 0 bridgehead atoms. The van der Waals surface area contributed by atoms with Gasteiger partial charge in [0.1, 0.15) is 0 Å². The molecular formula is C7H13N. The van der Waals surface area contributed by atoms with Gasteiger partial charge in [-0.15, -0.1) is 6.58 Å². The Morgan fingerprint density at radius 3 is 2.75 bits per heavy atom. The maximum Gasteiger partial charge on any atom is 0.0162 e. The van der Waals surface area contributed by atoms with Crippen LogP contribution in [0.4, 0.5) is 0 Å². The van der Waals surface area contributed by atoms with E-state index < -0.39 is 0 Å². The van der Waals surface area contributed by atoms with Crippen LogP contribution in [0.15, 0.2) is 24.8 Å². The Morgan fingerprint density at radius 2 is 2.38 bits per heavy atom. The molecule has 0 atom stereocenters. The maximum absolute atomic E-state index is 3.73. The Balaban J connectivity index is 2.93. The highest BCUT2D eigenvalue weighted by molar-refractivity contribution is 4.91. The highest BCUT2D eigenvalue weighted by atomic mass is 14.8. The molecule has 1 heteroatoms. The summed E-state index contributed by atoms with van der Waals surface area (Å²) in [7, 11) is 0. The van der Waals surface area contributed by atoms with Gasteiger partial charge in [0, 0.05) is 13.1 Å². The van der Waals surface area contributed by atoms with Gasteiger partial charge in [-0.05, 0) is 6.92 Å². The van der Waals surface area contributed by atoms with E-state index in [-0.39, 0.29) is 0 Å². The van der Waals surface area contributed by atoms with Crippen molar-refractivity contribution in [2.45, 2.75) is 6.92 Å². The van der Waals surface area contributed by atoms with Crippen molar-refractivity contribution in [3.63, 3.8) is 0 Å². The lowest BCUT2D eigenvalue weighted by Gasteiger charge is -1.97. The lowest BCUT2D eigenvalue weighted by Crippen LogP contribution is -2.14. The predicted molar refractivity (Wildman–Crippen MR) is 37.9 cm³/mol. The fraction of sp³-hybridized carbons (Fsp3) is 0.429. The maximum atomic E-state index is 3.73. The monoisotopic (exact) mass is 111 g/mol. The van der Waals surface area contributed by atoms with Gasteiger partial charge in [-0.3, -0.25) is 0 Å². The van der Waals surface area contributed by atoms with E-state index in [0.29, 0.717) is 0 Å². The third-order valence-corrected chi connectivity index (χ3v) is 0.715. The zero-order chi connectivity index (χ0) is 6.41. The van der Waals surface area contributed by atoms with Crippen LogP contribution in [-0.4, -0.2) is 13.1 Å². The standard InChI is InChI=1S/C7H13N/c1-4-5-8-6-7(2)3/h4,8H,1-2,5-6H2,3H3. The molecular weight excluding hydrogens is 98.1 g/mol. The van der Waals surface area contributed by atoms with Crippen LogP contribution >= 0.6 is 0 Å². The molecule has 0 saturated heterocycles. The molecule has 0 radical (unpaired) electrons. The molecule has 0 fully saturated rings. The minimum atomic E-state index is 0.868. The zero-order valence-corrected chi connectivity index (χ0v) is 5.41. The summed E-state index contributed by atoms with van der Waals surface area (Å²) in [4.78, 5) is 0. The first kappa shape index (κ1) is 7.44. The van der Waals surface area contributed by atoms with E-state index in [0.717, 1.165) is 18.7 Å². The molecule has 0 spiro atoms. The molecule has 0 rings (SSSR count). The minimum absolute atomic E-state index is 0.868. The topological polar surface area (TPSA) is 12.0 Å². The summed E-state index contributed by atoms with van der Waals surface area (Å²) in [5, 5.41) is 3.12. The first-order chi connectivity index (χ1) is 3.77. The summed E-state index contributed by atoms with van der Waals surface area (Å²) in [5.41, 5.74) is 1.16. The Bertz CT molecular complexity index is 84.4. The molecule has 0 aliphatic heterocycles. The van der Waals surface area contributed by atoms with Crippen LogP contribution in [-0.2, 0) is 0 Å². The van der Waals surface area contributed by atoms with Crippen LogP contribution in [0.25, 0.3) is 0 Å². The van der Waals surface area contributed by atoms with Crippen molar-refractivity contribution in [1.29, 1.82) is 0 Å². The van der Waals surface area contributed by atoms with E-state index in [1.54, 1.807) is 0 Å². The molecule has 0 unspecified atom stereocenters. The predicted octanol–water partition coefficient (Wildman–Crippen LogP) is 1.34. The fourth-order valence-corrected chi connectivity index (χ4v) is 0.388. The molecule has 0 aromatic rings. The lowest BCUT2D eigenvalue weighted by atomic mass is 10.3. The zero-order valence-electron chi connectivity index (χ0n) is 5.41. The van der Waals surface area contributed by atoms with Gasteiger partial charge < -0.3 is 5.32 Å². The molecule has 0 aromatic carbocycles. The van der Waals surface area contributed by atoms with Crippen molar-refractivity contribution in [3.8, 4) is 0 Å². The SMILES string of the molecule is C=CCNCC(=C)C. The largest absolute Gasteiger partial charge is 0.310 e. The minimum Gasteiger partial charge on any atom is -0.310 e. The second-order valence-electron chi connectivity index (χ2n) is 1.88. The van der Waals surface area contributed by atoms with Crippen LogP contribution in [0.2, 0.25) is 0 Å². The lowest BCUT2D eigenvalue weighted by molar-refractivity contribution is 0.817. The molecule has 46 valence electrons. The summed E-state index contributed by atoms with van der Waals surface area (Å²) >= 11 is 0. The van der Waals surface area contributed by atoms with E-state index in [1.807, 2.05) is 13.0 Å². The van der Waals surface area contributed by atoms with Crippen LogP contribution in [0.5, 0.6) is 0 Å². The molecule has 0 aliphatic rings. The van der Waals surface area contributed by atoms with Gasteiger partial charge in [-0.2, -0.15) is 0 Å². The Hall–Kier alpha value is -0.560. The number of nitrogens with one attached hydrogen (secondary N) is 1. The van der Waals surface area contributed by atoms with Crippen LogP contribution in [0, 0.1) is 0 Å². The Labute approximate surface area is 51.1 Å². The molecule has 0 aliphatic carbocycles. The molecule has 0 amide bonds. The van der Waals surface area contributed by atoms with E-state index in [2.05, 4.69) is 18.5 Å². The van der Waals surface area contributed by atoms with Crippen molar-refractivity contribution in [1.82, 2.24) is 5.32 Å². The van der Waals surface area contributed by atoms with Gasteiger partial charge in [0.2, 0.25) is 0 Å². The van der Waals surface area contributed by atoms with Gasteiger partial charge >= 0.3 is 0 Å². The summed E-state index contributed by atoms with van der Waals surface area (Å²) < 4.78 is 0. The van der Waals surface area contributed by atoms with Crippen molar-refractivity contribution in [3.05, 3.63) is 24.8 Å². The fourth-order valence-electron chi connectivity index (χ4n) is 0.388. The number of hydrogen-bond acceptors (Lipinski definition) is 1. The van der Waals surface area contributed by atoms with Gasteiger partial charge in [0.15, 0.2) is 0 Å². The third-order valence-electron chi connectivity index (χ3n) is 0.715. The second kappa shape index (κ2) is 4.60. The molecule has 0 heterocycles.